The lowest BCUT2D eigenvalue weighted by molar-refractivity contribution is 1.01. The summed E-state index contributed by atoms with van der Waals surface area (Å²) in [7, 11) is 0. The van der Waals surface area contributed by atoms with Crippen LogP contribution in [0.1, 0.15) is 11.1 Å². The Balaban J connectivity index is 1.45. The maximum Gasteiger partial charge on any atom is 0.300 e. The van der Waals surface area contributed by atoms with Crippen molar-refractivity contribution < 1.29 is 0 Å². The topological polar surface area (TPSA) is 114 Å². The number of fused-ring (bicyclic) bond motifs is 4. The van der Waals surface area contributed by atoms with Gasteiger partial charge in [0.1, 0.15) is 0 Å². The van der Waals surface area contributed by atoms with E-state index in [-0.39, 0.29) is 11.6 Å². The standard InChI is InChI=1S/C44H22N10/c1-47-39-40(48-2)52-44-43(51-39)53(35-15-7-11-29-9-3-5-13-33(29)35)41-42(54(44)36-16-8-12-30-10-4-6-14-34(30)36)50-38(32-23-19-28(26-46)20-24-32)37(49-41)31-21-17-27(25-45)18-22-31/h3-24H. The zero-order valence-corrected chi connectivity index (χ0v) is 28.2. The zero-order chi connectivity index (χ0) is 36.8. The second kappa shape index (κ2) is 12.7. The van der Waals surface area contributed by atoms with E-state index in [9.17, 15) is 10.5 Å². The summed E-state index contributed by atoms with van der Waals surface area (Å²) in [6.07, 6.45) is 0. The molecule has 248 valence electrons. The predicted molar refractivity (Wildman–Crippen MR) is 208 cm³/mol. The molecule has 8 aromatic rings. The summed E-state index contributed by atoms with van der Waals surface area (Å²) in [5.41, 5.74) is 4.89. The highest BCUT2D eigenvalue weighted by molar-refractivity contribution is 6.08. The molecule has 0 atom stereocenters. The minimum Gasteiger partial charge on any atom is -0.370 e. The van der Waals surface area contributed by atoms with Crippen LogP contribution in [-0.4, -0.2) is 19.9 Å². The van der Waals surface area contributed by atoms with Gasteiger partial charge in [-0.2, -0.15) is 10.5 Å². The highest BCUT2D eigenvalue weighted by Gasteiger charge is 2.43. The number of aromatic nitrogens is 4. The Labute approximate surface area is 309 Å². The molecule has 0 bridgehead atoms. The van der Waals surface area contributed by atoms with Crippen molar-refractivity contribution in [2.24, 2.45) is 0 Å². The summed E-state index contributed by atoms with van der Waals surface area (Å²) in [6.45, 7) is 16.0. The van der Waals surface area contributed by atoms with Gasteiger partial charge in [0.25, 0.3) is 11.6 Å². The average molecular weight is 691 g/mol. The summed E-state index contributed by atoms with van der Waals surface area (Å²) < 4.78 is 0. The van der Waals surface area contributed by atoms with E-state index in [0.717, 1.165) is 32.9 Å². The van der Waals surface area contributed by atoms with Crippen LogP contribution in [0.15, 0.2) is 133 Å². The summed E-state index contributed by atoms with van der Waals surface area (Å²) in [4.78, 5) is 31.6. The van der Waals surface area contributed by atoms with Crippen molar-refractivity contribution in [3.05, 3.63) is 167 Å². The molecule has 54 heavy (non-hydrogen) atoms. The van der Waals surface area contributed by atoms with Crippen molar-refractivity contribution in [1.29, 1.82) is 10.5 Å². The Morgan fingerprint density at radius 2 is 0.815 bits per heavy atom. The Morgan fingerprint density at radius 1 is 0.444 bits per heavy atom. The first kappa shape index (κ1) is 31.5. The zero-order valence-electron chi connectivity index (χ0n) is 28.2. The summed E-state index contributed by atoms with van der Waals surface area (Å²) in [6, 6.07) is 46.4. The van der Waals surface area contributed by atoms with Gasteiger partial charge in [0.05, 0.1) is 46.0 Å². The molecule has 0 amide bonds. The van der Waals surface area contributed by atoms with Gasteiger partial charge in [-0.15, -0.1) is 9.97 Å². The minimum atomic E-state index is -0.134. The van der Waals surface area contributed by atoms with E-state index in [1.807, 2.05) is 119 Å². The fourth-order valence-corrected chi connectivity index (χ4v) is 6.84. The van der Waals surface area contributed by atoms with Crippen LogP contribution in [0.4, 0.5) is 46.3 Å². The number of anilines is 6. The van der Waals surface area contributed by atoms with Crippen LogP contribution in [0.3, 0.4) is 0 Å². The molecular weight excluding hydrogens is 669 g/mol. The third-order valence-corrected chi connectivity index (χ3v) is 9.33. The number of nitriles is 2. The summed E-state index contributed by atoms with van der Waals surface area (Å²) in [5.74, 6) is 1.15. The van der Waals surface area contributed by atoms with E-state index in [2.05, 4.69) is 21.8 Å². The van der Waals surface area contributed by atoms with E-state index in [4.69, 9.17) is 33.1 Å². The van der Waals surface area contributed by atoms with Crippen molar-refractivity contribution >= 4 is 67.8 Å². The molecule has 0 aliphatic carbocycles. The monoisotopic (exact) mass is 690 g/mol. The molecule has 10 heteroatoms. The summed E-state index contributed by atoms with van der Waals surface area (Å²) >= 11 is 0. The van der Waals surface area contributed by atoms with Crippen LogP contribution in [0.2, 0.25) is 0 Å². The summed E-state index contributed by atoms with van der Waals surface area (Å²) in [5, 5.41) is 22.9. The fourth-order valence-electron chi connectivity index (χ4n) is 6.84. The molecule has 0 spiro atoms. The number of nitrogens with zero attached hydrogens (tertiary/aromatic N) is 10. The second-order valence-electron chi connectivity index (χ2n) is 12.4. The van der Waals surface area contributed by atoms with Crippen LogP contribution in [-0.2, 0) is 0 Å². The Kier molecular flexibility index (Phi) is 7.42. The maximum atomic E-state index is 9.60. The molecule has 10 nitrogen and oxygen atoms in total. The molecule has 6 aromatic carbocycles. The van der Waals surface area contributed by atoms with Crippen molar-refractivity contribution in [3.63, 3.8) is 0 Å². The van der Waals surface area contributed by atoms with Gasteiger partial charge in [0.15, 0.2) is 11.6 Å². The van der Waals surface area contributed by atoms with Gasteiger partial charge in [-0.05, 0) is 47.2 Å². The molecule has 0 fully saturated rings. The molecule has 0 radical (unpaired) electrons. The molecular formula is C44H22N10. The van der Waals surface area contributed by atoms with E-state index in [0.29, 0.717) is 56.9 Å². The highest BCUT2D eigenvalue weighted by Crippen LogP contribution is 2.55. The van der Waals surface area contributed by atoms with E-state index in [1.165, 1.54) is 0 Å². The van der Waals surface area contributed by atoms with Gasteiger partial charge in [-0.1, -0.05) is 110 Å². The van der Waals surface area contributed by atoms with Crippen molar-refractivity contribution in [2.75, 3.05) is 9.80 Å². The lowest BCUT2D eigenvalue weighted by atomic mass is 10.0. The van der Waals surface area contributed by atoms with Crippen LogP contribution in [0, 0.1) is 35.8 Å². The number of hydrogen-bond acceptors (Lipinski definition) is 8. The molecule has 9 rings (SSSR count). The molecule has 0 unspecified atom stereocenters. The first-order chi connectivity index (χ1) is 26.6. The quantitative estimate of drug-likeness (QED) is 0.168. The second-order valence-corrected chi connectivity index (χ2v) is 12.4. The lowest BCUT2D eigenvalue weighted by Crippen LogP contribution is -2.28. The molecule has 0 saturated carbocycles. The molecule has 0 saturated heterocycles. The molecule has 3 heterocycles. The molecule has 0 N–H and O–H groups in total. The van der Waals surface area contributed by atoms with Gasteiger partial charge in [0.2, 0.25) is 0 Å². The highest BCUT2D eigenvalue weighted by atomic mass is 15.4. The number of rotatable bonds is 4. The first-order valence-corrected chi connectivity index (χ1v) is 16.8. The minimum absolute atomic E-state index is 0.134. The normalized spacial score (nSPS) is 11.6. The van der Waals surface area contributed by atoms with Crippen LogP contribution in [0.25, 0.3) is 53.7 Å². The van der Waals surface area contributed by atoms with Gasteiger partial charge < -0.3 is 9.69 Å². The third kappa shape index (κ3) is 5.00. The Bertz CT molecular complexity index is 2780. The molecule has 1 aliphatic heterocycles. The van der Waals surface area contributed by atoms with Gasteiger partial charge in [-0.25, -0.2) is 9.97 Å². The molecule has 2 aromatic heterocycles. The van der Waals surface area contributed by atoms with Crippen LogP contribution < -0.4 is 9.80 Å². The lowest BCUT2D eigenvalue weighted by Gasteiger charge is -2.35. The third-order valence-electron chi connectivity index (χ3n) is 9.33. The average Bonchev–Trinajstić information content (AvgIpc) is 3.24. The number of hydrogen-bond donors (Lipinski definition) is 0. The first-order valence-electron chi connectivity index (χ1n) is 16.8. The predicted octanol–water partition coefficient (Wildman–Crippen LogP) is 11.0. The van der Waals surface area contributed by atoms with E-state index >= 15 is 0 Å². The largest absolute Gasteiger partial charge is 0.370 e. The van der Waals surface area contributed by atoms with Gasteiger partial charge in [0, 0.05) is 21.9 Å². The van der Waals surface area contributed by atoms with Crippen molar-refractivity contribution in [3.8, 4) is 34.7 Å². The Hall–Kier alpha value is -8.44. The SMILES string of the molecule is [C-]#[N+]c1nc2c(nc1[N+]#[C-])N(c1cccc3ccccc13)c1nc(-c3ccc(C#N)cc3)c(-c3ccc(C#N)cc3)nc1N2c1cccc2ccccc12. The molecule has 1 aliphatic rings. The number of benzene rings is 6. The van der Waals surface area contributed by atoms with E-state index < -0.39 is 0 Å². The van der Waals surface area contributed by atoms with Gasteiger partial charge in [-0.3, -0.25) is 9.80 Å². The van der Waals surface area contributed by atoms with Crippen molar-refractivity contribution in [2.45, 2.75) is 0 Å². The van der Waals surface area contributed by atoms with Crippen molar-refractivity contribution in [1.82, 2.24) is 19.9 Å². The fraction of sp³-hybridized carbons (Fsp3) is 0. The maximum absolute atomic E-state index is 9.60. The van der Waals surface area contributed by atoms with E-state index in [1.54, 1.807) is 24.3 Å². The van der Waals surface area contributed by atoms with Crippen LogP contribution >= 0.6 is 0 Å². The van der Waals surface area contributed by atoms with Gasteiger partial charge >= 0.3 is 11.6 Å². The smallest absolute Gasteiger partial charge is 0.300 e. The van der Waals surface area contributed by atoms with Crippen LogP contribution in [0.5, 0.6) is 0 Å². The Morgan fingerprint density at radius 3 is 1.20 bits per heavy atom.